The molecule has 0 unspecified atom stereocenters. The Hall–Kier alpha value is -2.79. The van der Waals surface area contributed by atoms with Gasteiger partial charge < -0.3 is 4.90 Å². The van der Waals surface area contributed by atoms with Gasteiger partial charge in [0.1, 0.15) is 5.82 Å². The van der Waals surface area contributed by atoms with Gasteiger partial charge in [-0.1, -0.05) is 35.4 Å². The summed E-state index contributed by atoms with van der Waals surface area (Å²) in [6.07, 6.45) is 0. The molecule has 0 aliphatic rings. The predicted octanol–water partition coefficient (Wildman–Crippen LogP) is 4.06. The van der Waals surface area contributed by atoms with E-state index in [1.54, 1.807) is 29.2 Å². The summed E-state index contributed by atoms with van der Waals surface area (Å²) in [5.41, 5.74) is 2.40. The van der Waals surface area contributed by atoms with Crippen LogP contribution in [0.1, 0.15) is 11.1 Å². The third-order valence-electron chi connectivity index (χ3n) is 5.01. The van der Waals surface area contributed by atoms with Gasteiger partial charge >= 0.3 is 0 Å². The highest BCUT2D eigenvalue weighted by Crippen LogP contribution is 2.18. The lowest BCUT2D eigenvalue weighted by Crippen LogP contribution is -2.32. The Morgan fingerprint density at radius 3 is 1.41 bits per heavy atom. The van der Waals surface area contributed by atoms with Gasteiger partial charge in [-0.3, -0.25) is 8.37 Å². The first-order chi connectivity index (χ1) is 16.1. The largest absolute Gasteiger partial charge is 0.367 e. The number of hydrogen-bond donors (Lipinski definition) is 0. The first-order valence-electron chi connectivity index (χ1n) is 10.5. The van der Waals surface area contributed by atoms with Gasteiger partial charge in [0.05, 0.1) is 23.0 Å². The molecule has 0 amide bonds. The fourth-order valence-corrected chi connectivity index (χ4v) is 4.88. The molecule has 3 rings (SSSR count). The third kappa shape index (κ3) is 7.10. The molecule has 0 N–H and O–H groups in total. The van der Waals surface area contributed by atoms with Crippen LogP contribution in [0.25, 0.3) is 0 Å². The maximum Gasteiger partial charge on any atom is 0.297 e. The molecule has 0 saturated heterocycles. The molecule has 0 saturated carbocycles. The van der Waals surface area contributed by atoms with E-state index in [1.165, 1.54) is 48.5 Å². The normalized spacial score (nSPS) is 12.0. The average Bonchev–Trinajstić information content (AvgIpc) is 2.79. The van der Waals surface area contributed by atoms with E-state index in [1.807, 2.05) is 13.8 Å². The van der Waals surface area contributed by atoms with Crippen molar-refractivity contribution in [3.8, 4) is 0 Å². The van der Waals surface area contributed by atoms with E-state index in [-0.39, 0.29) is 36.1 Å². The molecule has 0 heterocycles. The number of aryl methyl sites for hydroxylation is 2. The minimum absolute atomic E-state index is 0.0407. The van der Waals surface area contributed by atoms with E-state index in [9.17, 15) is 21.2 Å². The summed E-state index contributed by atoms with van der Waals surface area (Å²) in [5.74, 6) is -0.430. The van der Waals surface area contributed by atoms with Crippen LogP contribution in [0.4, 0.5) is 10.1 Å². The highest BCUT2D eigenvalue weighted by atomic mass is 32.2. The molecule has 0 spiro atoms. The minimum Gasteiger partial charge on any atom is -0.367 e. The standard InChI is InChI=1S/C24H26FNO6S2/c1-19-3-11-23(12-4-19)33(27,28)31-17-15-26(22-9-7-21(25)8-10-22)16-18-32-34(29,30)24-13-5-20(2)6-14-24/h3-14H,15-18H2,1-2H3. The molecule has 34 heavy (non-hydrogen) atoms. The third-order valence-corrected chi connectivity index (χ3v) is 7.66. The Morgan fingerprint density at radius 1 is 0.647 bits per heavy atom. The van der Waals surface area contributed by atoms with Crippen LogP contribution in [-0.2, 0) is 28.6 Å². The van der Waals surface area contributed by atoms with Crippen LogP contribution >= 0.6 is 0 Å². The highest BCUT2D eigenvalue weighted by Gasteiger charge is 2.18. The van der Waals surface area contributed by atoms with Gasteiger partial charge in [-0.15, -0.1) is 0 Å². The molecule has 0 bridgehead atoms. The van der Waals surface area contributed by atoms with Crippen LogP contribution in [0, 0.1) is 19.7 Å². The molecule has 0 aliphatic heterocycles. The predicted molar refractivity (Wildman–Crippen MR) is 127 cm³/mol. The fraction of sp³-hybridized carbons (Fsp3) is 0.250. The first-order valence-corrected chi connectivity index (χ1v) is 13.3. The van der Waals surface area contributed by atoms with Gasteiger partial charge in [-0.2, -0.15) is 16.8 Å². The van der Waals surface area contributed by atoms with Crippen molar-refractivity contribution in [3.63, 3.8) is 0 Å². The summed E-state index contributed by atoms with van der Waals surface area (Å²) >= 11 is 0. The maximum absolute atomic E-state index is 13.4. The molecule has 0 aliphatic carbocycles. The SMILES string of the molecule is Cc1ccc(S(=O)(=O)OCCN(CCOS(=O)(=O)c2ccc(C)cc2)c2ccc(F)cc2)cc1. The van der Waals surface area contributed by atoms with E-state index in [2.05, 4.69) is 0 Å². The quantitative estimate of drug-likeness (QED) is 0.362. The summed E-state index contributed by atoms with van der Waals surface area (Å²) in [7, 11) is -7.92. The average molecular weight is 508 g/mol. The van der Waals surface area contributed by atoms with E-state index >= 15 is 0 Å². The van der Waals surface area contributed by atoms with Crippen LogP contribution in [0.5, 0.6) is 0 Å². The van der Waals surface area contributed by atoms with Crippen LogP contribution in [-0.4, -0.2) is 43.1 Å². The Morgan fingerprint density at radius 2 is 1.03 bits per heavy atom. The van der Waals surface area contributed by atoms with Crippen LogP contribution in [0.3, 0.4) is 0 Å². The van der Waals surface area contributed by atoms with E-state index in [0.717, 1.165) is 11.1 Å². The zero-order valence-electron chi connectivity index (χ0n) is 18.8. The fourth-order valence-electron chi connectivity index (χ4n) is 3.08. The lowest BCUT2D eigenvalue weighted by atomic mass is 10.2. The van der Waals surface area contributed by atoms with Gasteiger partial charge in [-0.25, -0.2) is 4.39 Å². The van der Waals surface area contributed by atoms with E-state index < -0.39 is 26.1 Å². The summed E-state index contributed by atoms with van der Waals surface area (Å²) in [5, 5.41) is 0. The van der Waals surface area contributed by atoms with Crippen molar-refractivity contribution in [2.24, 2.45) is 0 Å². The van der Waals surface area contributed by atoms with Gasteiger partial charge in [-0.05, 0) is 62.4 Å². The minimum atomic E-state index is -3.96. The molecule has 3 aromatic rings. The summed E-state index contributed by atoms with van der Waals surface area (Å²) < 4.78 is 73.4. The Labute approximate surface area is 200 Å². The molecule has 0 aromatic heterocycles. The topological polar surface area (TPSA) is 90.0 Å². The Balaban J connectivity index is 1.65. The number of hydrogen-bond acceptors (Lipinski definition) is 7. The number of benzene rings is 3. The summed E-state index contributed by atoms with van der Waals surface area (Å²) in [6, 6.07) is 18.1. The molecule has 0 radical (unpaired) electrons. The molecule has 0 fully saturated rings. The van der Waals surface area contributed by atoms with Crippen LogP contribution in [0.2, 0.25) is 0 Å². The number of rotatable bonds is 11. The molecule has 3 aromatic carbocycles. The van der Waals surface area contributed by atoms with Gasteiger partial charge in [0, 0.05) is 18.8 Å². The second-order valence-corrected chi connectivity index (χ2v) is 10.9. The van der Waals surface area contributed by atoms with Crippen molar-refractivity contribution in [1.82, 2.24) is 0 Å². The van der Waals surface area contributed by atoms with Crippen molar-refractivity contribution >= 4 is 25.9 Å². The Kier molecular flexibility index (Phi) is 8.42. The second kappa shape index (κ2) is 11.1. The Bertz CT molecular complexity index is 1210. The maximum atomic E-state index is 13.4. The van der Waals surface area contributed by atoms with Crippen molar-refractivity contribution in [2.45, 2.75) is 23.6 Å². The summed E-state index contributed by atoms with van der Waals surface area (Å²) in [6.45, 7) is 3.50. The van der Waals surface area contributed by atoms with Crippen molar-refractivity contribution in [1.29, 1.82) is 0 Å². The van der Waals surface area contributed by atoms with Crippen LogP contribution < -0.4 is 4.90 Å². The molecular formula is C24H26FNO6S2. The number of anilines is 1. The van der Waals surface area contributed by atoms with Crippen molar-refractivity contribution < 1.29 is 29.6 Å². The molecule has 7 nitrogen and oxygen atoms in total. The van der Waals surface area contributed by atoms with Gasteiger partial charge in [0.15, 0.2) is 0 Å². The lowest BCUT2D eigenvalue weighted by Gasteiger charge is -2.24. The first kappa shape index (κ1) is 25.8. The summed E-state index contributed by atoms with van der Waals surface area (Å²) in [4.78, 5) is 1.74. The van der Waals surface area contributed by atoms with Crippen molar-refractivity contribution in [3.05, 3.63) is 89.7 Å². The molecule has 10 heteroatoms. The van der Waals surface area contributed by atoms with E-state index in [0.29, 0.717) is 5.69 Å². The second-order valence-electron chi connectivity index (χ2n) is 7.64. The molecule has 0 atom stereocenters. The van der Waals surface area contributed by atoms with Gasteiger partial charge in [0.2, 0.25) is 0 Å². The number of nitrogens with zero attached hydrogens (tertiary/aromatic N) is 1. The lowest BCUT2D eigenvalue weighted by molar-refractivity contribution is 0.306. The van der Waals surface area contributed by atoms with Crippen molar-refractivity contribution in [2.75, 3.05) is 31.2 Å². The zero-order chi connectivity index (χ0) is 24.8. The molecular weight excluding hydrogens is 481 g/mol. The van der Waals surface area contributed by atoms with E-state index in [4.69, 9.17) is 8.37 Å². The van der Waals surface area contributed by atoms with Gasteiger partial charge in [0.25, 0.3) is 20.2 Å². The highest BCUT2D eigenvalue weighted by molar-refractivity contribution is 7.87. The smallest absolute Gasteiger partial charge is 0.297 e. The van der Waals surface area contributed by atoms with Crippen LogP contribution in [0.15, 0.2) is 82.6 Å². The zero-order valence-corrected chi connectivity index (χ0v) is 20.5. The molecule has 182 valence electrons. The monoisotopic (exact) mass is 507 g/mol. The number of halogens is 1.